The van der Waals surface area contributed by atoms with E-state index in [-0.39, 0.29) is 10.6 Å². The van der Waals surface area contributed by atoms with Gasteiger partial charge in [0.05, 0.1) is 4.92 Å². The van der Waals surface area contributed by atoms with Crippen LogP contribution in [-0.4, -0.2) is 18.2 Å². The van der Waals surface area contributed by atoms with Crippen LogP contribution < -0.4 is 5.32 Å². The van der Waals surface area contributed by atoms with E-state index in [0.29, 0.717) is 0 Å². The number of nitrogens with one attached hydrogen (secondary N) is 1. The third-order valence-electron chi connectivity index (χ3n) is 1.63. The van der Waals surface area contributed by atoms with Crippen LogP contribution in [0.1, 0.15) is 0 Å². The molecule has 1 aromatic carbocycles. The zero-order valence-corrected chi connectivity index (χ0v) is 8.22. The summed E-state index contributed by atoms with van der Waals surface area (Å²) >= 11 is 1.49. The van der Waals surface area contributed by atoms with Crippen molar-refractivity contribution in [3.8, 4) is 0 Å². The first kappa shape index (κ1) is 9.85. The van der Waals surface area contributed by atoms with Gasteiger partial charge in [0.15, 0.2) is 0 Å². The summed E-state index contributed by atoms with van der Waals surface area (Å²) in [7, 11) is 1.74. The molecule has 4 nitrogen and oxygen atoms in total. The minimum Gasteiger partial charge on any atom is -0.388 e. The summed E-state index contributed by atoms with van der Waals surface area (Å²) in [5, 5.41) is 13.4. The molecular weight excluding hydrogens is 188 g/mol. The summed E-state index contributed by atoms with van der Waals surface area (Å²) in [4.78, 5) is 11.0. The highest BCUT2D eigenvalue weighted by molar-refractivity contribution is 7.98. The molecule has 0 unspecified atom stereocenters. The molecular formula is C8H10N2O2S. The van der Waals surface area contributed by atoms with Gasteiger partial charge in [-0.3, -0.25) is 10.1 Å². The highest BCUT2D eigenvalue weighted by Crippen LogP contribution is 2.25. The molecule has 0 amide bonds. The zero-order chi connectivity index (χ0) is 9.84. The third kappa shape index (κ3) is 2.35. The van der Waals surface area contributed by atoms with Crippen molar-refractivity contribution >= 4 is 23.1 Å². The molecule has 0 fully saturated rings. The van der Waals surface area contributed by atoms with Crippen molar-refractivity contribution < 1.29 is 4.92 Å². The first-order valence-electron chi connectivity index (χ1n) is 3.68. The summed E-state index contributed by atoms with van der Waals surface area (Å²) in [6.07, 6.45) is 1.89. The number of hydrogen-bond donors (Lipinski definition) is 1. The summed E-state index contributed by atoms with van der Waals surface area (Å²) in [5.41, 5.74) is 0.884. The van der Waals surface area contributed by atoms with E-state index in [9.17, 15) is 10.1 Å². The van der Waals surface area contributed by atoms with Gasteiger partial charge in [-0.25, -0.2) is 0 Å². The van der Waals surface area contributed by atoms with Gasteiger partial charge in [0, 0.05) is 29.8 Å². The van der Waals surface area contributed by atoms with Crippen molar-refractivity contribution in [2.24, 2.45) is 0 Å². The highest BCUT2D eigenvalue weighted by atomic mass is 32.2. The Morgan fingerprint density at radius 1 is 1.46 bits per heavy atom. The Balaban J connectivity index is 3.14. The molecule has 1 rings (SSSR count). The van der Waals surface area contributed by atoms with Crippen LogP contribution in [0.3, 0.4) is 0 Å². The van der Waals surface area contributed by atoms with Crippen molar-refractivity contribution in [3.05, 3.63) is 28.3 Å². The standard InChI is InChI=1S/C8H10N2O2S/c1-9-6-3-7(10(11)12)5-8(4-6)13-2/h3-5,9H,1-2H3. The maximum atomic E-state index is 10.5. The largest absolute Gasteiger partial charge is 0.388 e. The Labute approximate surface area is 80.5 Å². The quantitative estimate of drug-likeness (QED) is 0.460. The number of nitro benzene ring substituents is 1. The molecule has 0 aliphatic heterocycles. The van der Waals surface area contributed by atoms with Gasteiger partial charge in [0.2, 0.25) is 0 Å². The zero-order valence-electron chi connectivity index (χ0n) is 7.40. The Kier molecular flexibility index (Phi) is 3.13. The van der Waals surface area contributed by atoms with Gasteiger partial charge < -0.3 is 5.32 Å². The first-order chi connectivity index (χ1) is 6.17. The number of non-ortho nitro benzene ring substituents is 1. The molecule has 1 N–H and O–H groups in total. The predicted octanol–water partition coefficient (Wildman–Crippen LogP) is 2.36. The Hall–Kier alpha value is -1.23. The average Bonchev–Trinajstić information content (AvgIpc) is 2.16. The van der Waals surface area contributed by atoms with E-state index in [1.54, 1.807) is 13.1 Å². The van der Waals surface area contributed by atoms with Crippen LogP contribution in [0.2, 0.25) is 0 Å². The number of nitro groups is 1. The van der Waals surface area contributed by atoms with Crippen molar-refractivity contribution in [2.75, 3.05) is 18.6 Å². The fourth-order valence-corrected chi connectivity index (χ4v) is 1.43. The van der Waals surface area contributed by atoms with Gasteiger partial charge in [-0.15, -0.1) is 11.8 Å². The van der Waals surface area contributed by atoms with Crippen molar-refractivity contribution in [3.63, 3.8) is 0 Å². The van der Waals surface area contributed by atoms with E-state index < -0.39 is 0 Å². The Morgan fingerprint density at radius 2 is 2.15 bits per heavy atom. The molecule has 0 saturated heterocycles. The highest BCUT2D eigenvalue weighted by Gasteiger charge is 2.08. The molecule has 0 radical (unpaired) electrons. The van der Waals surface area contributed by atoms with Crippen molar-refractivity contribution in [2.45, 2.75) is 4.90 Å². The smallest absolute Gasteiger partial charge is 0.272 e. The van der Waals surface area contributed by atoms with E-state index in [4.69, 9.17) is 0 Å². The lowest BCUT2D eigenvalue weighted by Gasteiger charge is -2.02. The summed E-state index contributed by atoms with van der Waals surface area (Å²) in [6, 6.07) is 4.95. The van der Waals surface area contributed by atoms with Gasteiger partial charge in [-0.05, 0) is 12.3 Å². The van der Waals surface area contributed by atoms with Crippen LogP contribution in [0.15, 0.2) is 23.1 Å². The molecule has 0 spiro atoms. The minimum absolute atomic E-state index is 0.121. The maximum absolute atomic E-state index is 10.5. The second-order valence-electron chi connectivity index (χ2n) is 2.43. The van der Waals surface area contributed by atoms with Crippen LogP contribution in [0.25, 0.3) is 0 Å². The molecule has 0 aliphatic carbocycles. The van der Waals surface area contributed by atoms with Crippen LogP contribution in [-0.2, 0) is 0 Å². The lowest BCUT2D eigenvalue weighted by atomic mass is 10.3. The second kappa shape index (κ2) is 4.13. The summed E-state index contributed by atoms with van der Waals surface area (Å²) < 4.78 is 0. The summed E-state index contributed by atoms with van der Waals surface area (Å²) in [5.74, 6) is 0. The van der Waals surface area contributed by atoms with Gasteiger partial charge >= 0.3 is 0 Å². The number of thioether (sulfide) groups is 1. The second-order valence-corrected chi connectivity index (χ2v) is 3.31. The minimum atomic E-state index is -0.388. The van der Waals surface area contributed by atoms with E-state index in [0.717, 1.165) is 10.6 Å². The lowest BCUT2D eigenvalue weighted by molar-refractivity contribution is -0.385. The van der Waals surface area contributed by atoms with Crippen LogP contribution in [0.5, 0.6) is 0 Å². The number of nitrogens with zero attached hydrogens (tertiary/aromatic N) is 1. The molecule has 5 heteroatoms. The number of anilines is 1. The lowest BCUT2D eigenvalue weighted by Crippen LogP contribution is -1.92. The van der Waals surface area contributed by atoms with E-state index in [2.05, 4.69) is 5.32 Å². The molecule has 0 aromatic heterocycles. The van der Waals surface area contributed by atoms with Gasteiger partial charge in [0.1, 0.15) is 0 Å². The Morgan fingerprint density at radius 3 is 2.62 bits per heavy atom. The van der Waals surface area contributed by atoms with Crippen molar-refractivity contribution in [1.82, 2.24) is 0 Å². The topological polar surface area (TPSA) is 55.2 Å². The molecule has 1 aromatic rings. The molecule has 0 aliphatic rings. The normalized spacial score (nSPS) is 9.69. The van der Waals surface area contributed by atoms with Gasteiger partial charge in [0.25, 0.3) is 5.69 Å². The van der Waals surface area contributed by atoms with E-state index >= 15 is 0 Å². The van der Waals surface area contributed by atoms with Gasteiger partial charge in [-0.2, -0.15) is 0 Å². The van der Waals surface area contributed by atoms with E-state index in [1.165, 1.54) is 17.8 Å². The van der Waals surface area contributed by atoms with Gasteiger partial charge in [-0.1, -0.05) is 0 Å². The van der Waals surface area contributed by atoms with Crippen molar-refractivity contribution in [1.29, 1.82) is 0 Å². The monoisotopic (exact) mass is 198 g/mol. The average molecular weight is 198 g/mol. The fraction of sp³-hybridized carbons (Fsp3) is 0.250. The predicted molar refractivity (Wildman–Crippen MR) is 54.4 cm³/mol. The van der Waals surface area contributed by atoms with Crippen LogP contribution in [0.4, 0.5) is 11.4 Å². The number of rotatable bonds is 3. The number of hydrogen-bond acceptors (Lipinski definition) is 4. The maximum Gasteiger partial charge on any atom is 0.272 e. The first-order valence-corrected chi connectivity index (χ1v) is 4.91. The third-order valence-corrected chi connectivity index (χ3v) is 2.33. The molecule has 13 heavy (non-hydrogen) atoms. The Bertz CT molecular complexity index is 306. The van der Waals surface area contributed by atoms with Crippen LogP contribution in [0, 0.1) is 10.1 Å². The molecule has 70 valence electrons. The number of benzene rings is 1. The van der Waals surface area contributed by atoms with E-state index in [1.807, 2.05) is 12.3 Å². The SMILES string of the molecule is CNc1cc(SC)cc([N+](=O)[O-])c1. The molecule has 0 bridgehead atoms. The molecule has 0 saturated carbocycles. The molecule has 0 atom stereocenters. The fourth-order valence-electron chi connectivity index (χ4n) is 0.951. The molecule has 0 heterocycles. The summed E-state index contributed by atoms with van der Waals surface area (Å²) in [6.45, 7) is 0. The van der Waals surface area contributed by atoms with Crippen LogP contribution >= 0.6 is 11.8 Å².